The maximum atomic E-state index is 5.21. The highest BCUT2D eigenvalue weighted by atomic mass is 79.9. The number of methoxy groups -OCH3 is 1. The lowest BCUT2D eigenvalue weighted by Gasteiger charge is -2.34. The van der Waals surface area contributed by atoms with Crippen molar-refractivity contribution in [3.63, 3.8) is 0 Å². The van der Waals surface area contributed by atoms with Gasteiger partial charge >= 0.3 is 0 Å². The maximum Gasteiger partial charge on any atom is 0.227 e. The first-order valence-corrected chi connectivity index (χ1v) is 15.0. The summed E-state index contributed by atoms with van der Waals surface area (Å²) < 4.78 is 6.31. The van der Waals surface area contributed by atoms with Crippen LogP contribution in [-0.2, 0) is 17.6 Å². The van der Waals surface area contributed by atoms with E-state index in [1.54, 1.807) is 7.11 Å². The molecule has 4 aromatic rings. The minimum absolute atomic E-state index is 0. The van der Waals surface area contributed by atoms with Crippen LogP contribution < -0.4 is 5.32 Å². The van der Waals surface area contributed by atoms with Gasteiger partial charge in [0.15, 0.2) is 0 Å². The second-order valence-electron chi connectivity index (χ2n) is 10.7. The van der Waals surface area contributed by atoms with E-state index in [1.165, 1.54) is 27.8 Å². The minimum atomic E-state index is 0. The van der Waals surface area contributed by atoms with Gasteiger partial charge < -0.3 is 15.0 Å². The molecule has 3 aromatic carbocycles. The number of hydrogen-bond donors (Lipinski definition) is 1. The van der Waals surface area contributed by atoms with Crippen LogP contribution in [-0.4, -0.2) is 72.8 Å². The maximum absolute atomic E-state index is 5.21. The lowest BCUT2D eigenvalue weighted by molar-refractivity contribution is 0.0976. The summed E-state index contributed by atoms with van der Waals surface area (Å²) in [6, 6.07) is 26.0. The quantitative estimate of drug-likeness (QED) is 0.225. The predicted octanol–water partition coefficient (Wildman–Crippen LogP) is 6.57. The molecular formula is C33H37BrClN5O. The number of fused-ring (bicyclic) bond motifs is 3. The van der Waals surface area contributed by atoms with E-state index >= 15 is 0 Å². The van der Waals surface area contributed by atoms with Crippen molar-refractivity contribution in [2.24, 2.45) is 0 Å². The van der Waals surface area contributed by atoms with Crippen molar-refractivity contribution in [2.45, 2.75) is 18.8 Å². The van der Waals surface area contributed by atoms with Gasteiger partial charge in [-0.15, -0.1) is 12.4 Å². The Bertz CT molecular complexity index is 1420. The topological polar surface area (TPSA) is 53.5 Å². The molecule has 1 saturated heterocycles. The fraction of sp³-hybridized carbons (Fsp3) is 0.333. The van der Waals surface area contributed by atoms with Crippen LogP contribution in [0.25, 0.3) is 11.3 Å². The Morgan fingerprint density at radius 2 is 1.61 bits per heavy atom. The highest BCUT2D eigenvalue weighted by Gasteiger charge is 2.27. The Balaban J connectivity index is 0.00000337. The Morgan fingerprint density at radius 3 is 2.34 bits per heavy atom. The smallest absolute Gasteiger partial charge is 0.227 e. The minimum Gasteiger partial charge on any atom is -0.383 e. The lowest BCUT2D eigenvalue weighted by atomic mass is 9.78. The molecule has 1 N–H and O–H groups in total. The second kappa shape index (κ2) is 13.9. The summed E-state index contributed by atoms with van der Waals surface area (Å²) in [5, 5.41) is 3.43. The third kappa shape index (κ3) is 7.16. The predicted molar refractivity (Wildman–Crippen MR) is 173 cm³/mol. The SMILES string of the molecule is COCCN1CCN(CCc2ccc(Nc3ncc4c(n3)-c3ccccc3[C@H](c3ccc(Br)cc3)C4)cc2)CC1.Cl. The molecule has 214 valence electrons. The molecule has 1 fully saturated rings. The zero-order valence-electron chi connectivity index (χ0n) is 23.4. The van der Waals surface area contributed by atoms with E-state index in [1.807, 2.05) is 6.20 Å². The molecule has 1 aliphatic heterocycles. The van der Waals surface area contributed by atoms with Crippen molar-refractivity contribution < 1.29 is 4.74 Å². The molecule has 8 heteroatoms. The number of rotatable bonds is 9. The molecule has 0 amide bonds. The fourth-order valence-corrected chi connectivity index (χ4v) is 6.08. The number of aromatic nitrogens is 2. The van der Waals surface area contributed by atoms with E-state index in [2.05, 4.69) is 104 Å². The van der Waals surface area contributed by atoms with Crippen LogP contribution in [0.5, 0.6) is 0 Å². The van der Waals surface area contributed by atoms with Crippen LogP contribution in [0.15, 0.2) is 83.5 Å². The van der Waals surface area contributed by atoms with Crippen LogP contribution in [0.2, 0.25) is 0 Å². The molecule has 0 saturated carbocycles. The molecule has 2 aliphatic rings. The van der Waals surface area contributed by atoms with E-state index < -0.39 is 0 Å². The Labute approximate surface area is 257 Å². The number of benzene rings is 3. The Kier molecular flexibility index (Phi) is 10.1. The standard InChI is InChI=1S/C33H36BrN5O.ClH/c1-40-21-20-39-18-16-38(17-19-39)15-14-24-6-12-28(13-7-24)36-33-35-23-26-22-31(25-8-10-27(34)11-9-25)29-4-2-3-5-30(29)32(26)37-33;/h2-13,23,31H,14-22H2,1H3,(H,35,36,37);1H/t31-;/m0./s1. The van der Waals surface area contributed by atoms with Crippen molar-refractivity contribution in [3.05, 3.63) is 106 Å². The van der Waals surface area contributed by atoms with E-state index in [0.717, 1.165) is 74.6 Å². The van der Waals surface area contributed by atoms with Crippen molar-refractivity contribution in [3.8, 4) is 11.3 Å². The molecule has 2 heterocycles. The van der Waals surface area contributed by atoms with Crippen LogP contribution >= 0.6 is 28.3 Å². The molecule has 1 atom stereocenters. The summed E-state index contributed by atoms with van der Waals surface area (Å²) in [7, 11) is 1.77. The number of nitrogens with one attached hydrogen (secondary N) is 1. The summed E-state index contributed by atoms with van der Waals surface area (Å²) in [6.45, 7) is 7.46. The normalized spacial score (nSPS) is 16.9. The van der Waals surface area contributed by atoms with Gasteiger partial charge in [0.05, 0.1) is 12.3 Å². The number of nitrogens with zero attached hydrogens (tertiary/aromatic N) is 4. The molecule has 0 unspecified atom stereocenters. The van der Waals surface area contributed by atoms with Crippen molar-refractivity contribution in [2.75, 3.05) is 58.3 Å². The molecular weight excluding hydrogens is 598 g/mol. The monoisotopic (exact) mass is 633 g/mol. The summed E-state index contributed by atoms with van der Waals surface area (Å²) in [4.78, 5) is 14.7. The average Bonchev–Trinajstić information content (AvgIpc) is 3.00. The van der Waals surface area contributed by atoms with Gasteiger partial charge in [0.2, 0.25) is 5.95 Å². The fourth-order valence-electron chi connectivity index (χ4n) is 5.82. The van der Waals surface area contributed by atoms with Gasteiger partial charge in [-0.3, -0.25) is 4.90 Å². The van der Waals surface area contributed by atoms with Gasteiger partial charge in [-0.1, -0.05) is 64.5 Å². The largest absolute Gasteiger partial charge is 0.383 e. The van der Waals surface area contributed by atoms with Gasteiger partial charge in [-0.2, -0.15) is 0 Å². The van der Waals surface area contributed by atoms with E-state index in [9.17, 15) is 0 Å². The van der Waals surface area contributed by atoms with Gasteiger partial charge in [0.25, 0.3) is 0 Å². The van der Waals surface area contributed by atoms with Crippen molar-refractivity contribution in [1.29, 1.82) is 0 Å². The molecule has 1 aromatic heterocycles. The summed E-state index contributed by atoms with van der Waals surface area (Å²) >= 11 is 3.56. The molecule has 1 aliphatic carbocycles. The Hall–Kier alpha value is -2.81. The van der Waals surface area contributed by atoms with Crippen molar-refractivity contribution >= 4 is 40.0 Å². The highest BCUT2D eigenvalue weighted by Crippen LogP contribution is 2.42. The van der Waals surface area contributed by atoms with E-state index in [0.29, 0.717) is 11.9 Å². The number of ether oxygens (including phenoxy) is 1. The zero-order valence-corrected chi connectivity index (χ0v) is 25.8. The van der Waals surface area contributed by atoms with Crippen LogP contribution in [0.1, 0.15) is 28.2 Å². The van der Waals surface area contributed by atoms with E-state index in [-0.39, 0.29) is 12.4 Å². The number of piperazine rings is 1. The van der Waals surface area contributed by atoms with Crippen molar-refractivity contribution in [1.82, 2.24) is 19.8 Å². The number of halogens is 2. The van der Waals surface area contributed by atoms with Crippen LogP contribution in [0.3, 0.4) is 0 Å². The zero-order chi connectivity index (χ0) is 27.3. The number of hydrogen-bond acceptors (Lipinski definition) is 6. The van der Waals surface area contributed by atoms with Gasteiger partial charge in [-0.25, -0.2) is 9.97 Å². The summed E-state index contributed by atoms with van der Waals surface area (Å²) in [5.74, 6) is 0.932. The summed E-state index contributed by atoms with van der Waals surface area (Å²) in [5.41, 5.74) is 8.40. The highest BCUT2D eigenvalue weighted by molar-refractivity contribution is 9.10. The third-order valence-corrected chi connectivity index (χ3v) is 8.68. The first-order chi connectivity index (χ1) is 19.7. The van der Waals surface area contributed by atoms with Crippen LogP contribution in [0.4, 0.5) is 11.6 Å². The summed E-state index contributed by atoms with van der Waals surface area (Å²) in [6.07, 6.45) is 3.95. The first kappa shape index (κ1) is 29.7. The molecule has 0 spiro atoms. The van der Waals surface area contributed by atoms with Crippen LogP contribution in [0, 0.1) is 0 Å². The Morgan fingerprint density at radius 1 is 0.902 bits per heavy atom. The van der Waals surface area contributed by atoms with Gasteiger partial charge in [0.1, 0.15) is 0 Å². The first-order valence-electron chi connectivity index (χ1n) is 14.2. The second-order valence-corrected chi connectivity index (χ2v) is 11.6. The molecule has 6 nitrogen and oxygen atoms in total. The molecule has 41 heavy (non-hydrogen) atoms. The third-order valence-electron chi connectivity index (χ3n) is 8.16. The van der Waals surface area contributed by atoms with Gasteiger partial charge in [-0.05, 0) is 59.4 Å². The number of anilines is 2. The molecule has 6 rings (SSSR count). The average molecular weight is 635 g/mol. The molecule has 0 radical (unpaired) electrons. The molecule has 0 bridgehead atoms. The lowest BCUT2D eigenvalue weighted by Crippen LogP contribution is -2.47. The van der Waals surface area contributed by atoms with E-state index in [4.69, 9.17) is 14.7 Å². The van der Waals surface area contributed by atoms with Gasteiger partial charge in [0, 0.05) is 74.2 Å².